The van der Waals surface area contributed by atoms with E-state index in [-0.39, 0.29) is 0 Å². The summed E-state index contributed by atoms with van der Waals surface area (Å²) < 4.78 is 0. The van der Waals surface area contributed by atoms with Crippen molar-refractivity contribution in [3.05, 3.63) is 11.8 Å². The Morgan fingerprint density at radius 3 is 2.20 bits per heavy atom. The van der Waals surface area contributed by atoms with Crippen LogP contribution in [0.4, 0.5) is 0 Å². The summed E-state index contributed by atoms with van der Waals surface area (Å²) in [6, 6.07) is 4.24. The third-order valence-electron chi connectivity index (χ3n) is 4.34. The van der Waals surface area contributed by atoms with Gasteiger partial charge in [-0.2, -0.15) is 0 Å². The molecule has 1 nitrogen and oxygen atoms in total. The maximum atomic E-state index is 4.25. The van der Waals surface area contributed by atoms with Gasteiger partial charge in [0.1, 0.15) is 0 Å². The third-order valence-corrected chi connectivity index (χ3v) is 10.2. The van der Waals surface area contributed by atoms with Crippen LogP contribution in [0.15, 0.2) is 11.8 Å². The van der Waals surface area contributed by atoms with Crippen LogP contribution in [0.1, 0.15) is 33.6 Å². The number of rotatable bonds is 7. The highest BCUT2D eigenvalue weighted by molar-refractivity contribution is 6.86. The van der Waals surface area contributed by atoms with Crippen LogP contribution in [0.3, 0.4) is 0 Å². The van der Waals surface area contributed by atoms with Crippen LogP contribution < -0.4 is 0 Å². The van der Waals surface area contributed by atoms with E-state index in [0.29, 0.717) is 0 Å². The normalized spacial score (nSPS) is 17.5. The molecule has 0 bridgehead atoms. The van der Waals surface area contributed by atoms with Gasteiger partial charge in [0.2, 0.25) is 0 Å². The van der Waals surface area contributed by atoms with Crippen molar-refractivity contribution in [2.45, 2.75) is 51.7 Å². The average Bonchev–Trinajstić information content (AvgIpc) is 2.15. The molecule has 0 radical (unpaired) electrons. The molecule has 2 heteroatoms. The highest BCUT2D eigenvalue weighted by Crippen LogP contribution is 2.29. The van der Waals surface area contributed by atoms with Gasteiger partial charge in [0, 0.05) is 0 Å². The molecule has 0 spiro atoms. The molecule has 1 fully saturated rings. The fourth-order valence-electron chi connectivity index (χ4n) is 2.67. The van der Waals surface area contributed by atoms with E-state index in [1.165, 1.54) is 55.8 Å². The molecule has 1 aliphatic rings. The standard InChI is InChI=1S/C13H27NSi/c1-5-15(6-2,13(3)4)12-8-11-14-9-7-10-14/h3,5-12H2,1-2,4H3. The molecule has 0 aromatic rings. The molecular weight excluding hydrogens is 198 g/mol. The van der Waals surface area contributed by atoms with Crippen LogP contribution in [-0.2, 0) is 0 Å². The number of likely N-dealkylation sites (tertiary alicyclic amines) is 1. The van der Waals surface area contributed by atoms with Crippen molar-refractivity contribution in [2.24, 2.45) is 0 Å². The first-order chi connectivity index (χ1) is 7.14. The van der Waals surface area contributed by atoms with Crippen LogP contribution in [0.2, 0.25) is 18.1 Å². The smallest absolute Gasteiger partial charge is 0.0799 e. The van der Waals surface area contributed by atoms with E-state index in [1.54, 1.807) is 0 Å². The van der Waals surface area contributed by atoms with E-state index in [0.717, 1.165) is 0 Å². The molecule has 0 saturated carbocycles. The van der Waals surface area contributed by atoms with Gasteiger partial charge < -0.3 is 4.90 Å². The lowest BCUT2D eigenvalue weighted by Gasteiger charge is -2.34. The van der Waals surface area contributed by atoms with Crippen molar-refractivity contribution < 1.29 is 0 Å². The quantitative estimate of drug-likeness (QED) is 0.597. The molecule has 0 aliphatic carbocycles. The largest absolute Gasteiger partial charge is 0.303 e. The Bertz CT molecular complexity index is 205. The molecule has 0 amide bonds. The number of allylic oxidation sites excluding steroid dienone is 1. The Morgan fingerprint density at radius 2 is 1.87 bits per heavy atom. The van der Waals surface area contributed by atoms with Gasteiger partial charge in [-0.15, -0.1) is 6.58 Å². The predicted molar refractivity (Wildman–Crippen MR) is 72.0 cm³/mol. The van der Waals surface area contributed by atoms with Gasteiger partial charge in [-0.05, 0) is 39.4 Å². The summed E-state index contributed by atoms with van der Waals surface area (Å²) in [6.07, 6.45) is 2.82. The molecule has 1 aliphatic heterocycles. The predicted octanol–water partition coefficient (Wildman–Crippen LogP) is 3.69. The van der Waals surface area contributed by atoms with Crippen LogP contribution in [0, 0.1) is 0 Å². The number of nitrogens with zero attached hydrogens (tertiary/aromatic N) is 1. The van der Waals surface area contributed by atoms with Crippen LogP contribution in [-0.4, -0.2) is 32.6 Å². The first-order valence-electron chi connectivity index (χ1n) is 6.53. The molecule has 0 unspecified atom stereocenters. The van der Waals surface area contributed by atoms with Gasteiger partial charge >= 0.3 is 0 Å². The van der Waals surface area contributed by atoms with Crippen molar-refractivity contribution in [1.29, 1.82) is 0 Å². The van der Waals surface area contributed by atoms with Gasteiger partial charge in [0.25, 0.3) is 0 Å². The second-order valence-corrected chi connectivity index (χ2v) is 10.4. The Morgan fingerprint density at radius 1 is 1.27 bits per heavy atom. The summed E-state index contributed by atoms with van der Waals surface area (Å²) in [7, 11) is -1.10. The highest BCUT2D eigenvalue weighted by Gasteiger charge is 2.29. The van der Waals surface area contributed by atoms with E-state index < -0.39 is 8.07 Å². The molecule has 1 rings (SSSR count). The summed E-state index contributed by atoms with van der Waals surface area (Å²) in [4.78, 5) is 2.59. The van der Waals surface area contributed by atoms with Crippen LogP contribution in [0.5, 0.6) is 0 Å². The maximum absolute atomic E-state index is 4.25. The first kappa shape index (κ1) is 13.0. The average molecular weight is 225 g/mol. The fourth-order valence-corrected chi connectivity index (χ4v) is 6.34. The zero-order valence-corrected chi connectivity index (χ0v) is 11.8. The maximum Gasteiger partial charge on any atom is 0.0799 e. The van der Waals surface area contributed by atoms with Crippen molar-refractivity contribution in [1.82, 2.24) is 4.90 Å². The number of hydrogen-bond donors (Lipinski definition) is 0. The molecule has 0 atom stereocenters. The van der Waals surface area contributed by atoms with Crippen molar-refractivity contribution in [3.63, 3.8) is 0 Å². The van der Waals surface area contributed by atoms with E-state index >= 15 is 0 Å². The highest BCUT2D eigenvalue weighted by atomic mass is 28.3. The fraction of sp³-hybridized carbons (Fsp3) is 0.846. The topological polar surface area (TPSA) is 3.24 Å². The Balaban J connectivity index is 2.32. The minimum atomic E-state index is -1.10. The minimum absolute atomic E-state index is 1.10. The molecule has 0 N–H and O–H groups in total. The third kappa shape index (κ3) is 3.18. The lowest BCUT2D eigenvalue weighted by molar-refractivity contribution is 0.182. The molecule has 15 heavy (non-hydrogen) atoms. The SMILES string of the molecule is C=C(C)[Si](CC)(CC)CCCN1CCC1. The Kier molecular flexibility index (Phi) is 5.07. The molecule has 88 valence electrons. The van der Waals surface area contributed by atoms with Crippen molar-refractivity contribution in [3.8, 4) is 0 Å². The van der Waals surface area contributed by atoms with Gasteiger partial charge in [-0.3, -0.25) is 0 Å². The molecule has 1 heterocycles. The van der Waals surface area contributed by atoms with Gasteiger partial charge in [0.15, 0.2) is 0 Å². The van der Waals surface area contributed by atoms with Crippen LogP contribution in [0.25, 0.3) is 0 Å². The summed E-state index contributed by atoms with van der Waals surface area (Å²) >= 11 is 0. The van der Waals surface area contributed by atoms with E-state index in [1.807, 2.05) is 0 Å². The monoisotopic (exact) mass is 225 g/mol. The van der Waals surface area contributed by atoms with E-state index in [4.69, 9.17) is 0 Å². The Hall–Kier alpha value is -0.0831. The van der Waals surface area contributed by atoms with Crippen LogP contribution >= 0.6 is 0 Å². The molecule has 0 aromatic heterocycles. The number of hydrogen-bond acceptors (Lipinski definition) is 1. The summed E-state index contributed by atoms with van der Waals surface area (Å²) in [5.41, 5.74) is 0. The van der Waals surface area contributed by atoms with Crippen molar-refractivity contribution >= 4 is 8.07 Å². The van der Waals surface area contributed by atoms with Crippen molar-refractivity contribution in [2.75, 3.05) is 19.6 Å². The van der Waals surface area contributed by atoms with Gasteiger partial charge in [-0.25, -0.2) is 0 Å². The summed E-state index contributed by atoms with van der Waals surface area (Å²) in [5, 5.41) is 1.52. The molecule has 1 saturated heterocycles. The molecular formula is C13H27NSi. The summed E-state index contributed by atoms with van der Waals surface area (Å²) in [6.45, 7) is 15.3. The van der Waals surface area contributed by atoms with E-state index in [2.05, 4.69) is 32.3 Å². The lowest BCUT2D eigenvalue weighted by atomic mass is 10.2. The second-order valence-electron chi connectivity index (χ2n) is 5.07. The first-order valence-corrected chi connectivity index (χ1v) is 9.15. The Labute approximate surface area is 96.6 Å². The van der Waals surface area contributed by atoms with E-state index in [9.17, 15) is 0 Å². The van der Waals surface area contributed by atoms with Gasteiger partial charge in [-0.1, -0.05) is 37.2 Å². The zero-order chi connectivity index (χ0) is 11.3. The molecule has 0 aromatic carbocycles. The second kappa shape index (κ2) is 5.85. The summed E-state index contributed by atoms with van der Waals surface area (Å²) in [5.74, 6) is 0. The lowest BCUT2D eigenvalue weighted by Crippen LogP contribution is -2.40. The zero-order valence-electron chi connectivity index (χ0n) is 10.8. The van der Waals surface area contributed by atoms with Gasteiger partial charge in [0.05, 0.1) is 8.07 Å². The minimum Gasteiger partial charge on any atom is -0.303 e.